The minimum Gasteiger partial charge on any atom is -0.236 e. The zero-order valence-corrected chi connectivity index (χ0v) is 12.0. The lowest BCUT2D eigenvalue weighted by Crippen LogP contribution is -1.91. The van der Waals surface area contributed by atoms with Crippen molar-refractivity contribution in [2.45, 2.75) is 13.8 Å². The predicted octanol–water partition coefficient (Wildman–Crippen LogP) is 4.57. The molecule has 0 aliphatic rings. The minimum atomic E-state index is -0.237. The molecule has 0 saturated carbocycles. The third-order valence-electron chi connectivity index (χ3n) is 3.47. The van der Waals surface area contributed by atoms with E-state index in [-0.39, 0.29) is 5.82 Å². The van der Waals surface area contributed by atoms with E-state index in [2.05, 4.69) is 29.0 Å². The Labute approximate surface area is 123 Å². The molecule has 0 amide bonds. The van der Waals surface area contributed by atoms with Crippen LogP contribution in [0.5, 0.6) is 0 Å². The van der Waals surface area contributed by atoms with Crippen molar-refractivity contribution < 1.29 is 4.39 Å². The van der Waals surface area contributed by atoms with Gasteiger partial charge in [0.05, 0.1) is 0 Å². The van der Waals surface area contributed by atoms with Crippen LogP contribution in [0.4, 0.5) is 4.39 Å². The summed E-state index contributed by atoms with van der Waals surface area (Å²) in [6, 6.07) is 13.2. The second-order valence-corrected chi connectivity index (χ2v) is 5.13. The van der Waals surface area contributed by atoms with Gasteiger partial charge in [0.2, 0.25) is 0 Å². The highest BCUT2D eigenvalue weighted by Crippen LogP contribution is 2.22. The zero-order valence-electron chi connectivity index (χ0n) is 12.0. The third kappa shape index (κ3) is 2.82. The second-order valence-electron chi connectivity index (χ2n) is 5.13. The quantitative estimate of drug-likeness (QED) is 0.686. The molecule has 0 aliphatic carbocycles. The molecule has 1 aromatic heterocycles. The maximum Gasteiger partial charge on any atom is 0.159 e. The Balaban J connectivity index is 1.93. The maximum atomic E-state index is 13.6. The van der Waals surface area contributed by atoms with Crippen LogP contribution in [-0.4, -0.2) is 9.97 Å². The molecule has 3 rings (SSSR count). The number of halogens is 1. The van der Waals surface area contributed by atoms with Crippen LogP contribution in [0, 0.1) is 19.7 Å². The summed E-state index contributed by atoms with van der Waals surface area (Å²) in [6.07, 6.45) is 3.54. The minimum absolute atomic E-state index is 0.237. The molecule has 0 radical (unpaired) electrons. The molecule has 3 heteroatoms. The van der Waals surface area contributed by atoms with Crippen LogP contribution in [0.25, 0.3) is 22.5 Å². The number of hydrogen-bond acceptors (Lipinski definition) is 2. The van der Waals surface area contributed by atoms with Gasteiger partial charge in [0.25, 0.3) is 0 Å². The fourth-order valence-corrected chi connectivity index (χ4v) is 2.10. The van der Waals surface area contributed by atoms with E-state index in [9.17, 15) is 4.39 Å². The lowest BCUT2D eigenvalue weighted by Gasteiger charge is -2.05. The van der Waals surface area contributed by atoms with Crippen LogP contribution in [0.15, 0.2) is 54.9 Å². The van der Waals surface area contributed by atoms with E-state index in [1.165, 1.54) is 11.6 Å². The van der Waals surface area contributed by atoms with Crippen molar-refractivity contribution in [3.05, 3.63) is 71.8 Å². The van der Waals surface area contributed by atoms with Crippen LogP contribution in [0.3, 0.4) is 0 Å². The highest BCUT2D eigenvalue weighted by Gasteiger charge is 2.05. The van der Waals surface area contributed by atoms with Gasteiger partial charge >= 0.3 is 0 Å². The molecule has 2 nitrogen and oxygen atoms in total. The summed E-state index contributed by atoms with van der Waals surface area (Å²) < 4.78 is 13.6. The topological polar surface area (TPSA) is 25.8 Å². The monoisotopic (exact) mass is 278 g/mol. The van der Waals surface area contributed by atoms with E-state index in [1.54, 1.807) is 25.4 Å². The highest BCUT2D eigenvalue weighted by atomic mass is 19.1. The van der Waals surface area contributed by atoms with E-state index in [4.69, 9.17) is 0 Å². The Kier molecular flexibility index (Phi) is 3.48. The van der Waals surface area contributed by atoms with Crippen molar-refractivity contribution in [2.75, 3.05) is 0 Å². The van der Waals surface area contributed by atoms with E-state index in [1.807, 2.05) is 18.2 Å². The predicted molar refractivity (Wildman–Crippen MR) is 82.3 cm³/mol. The number of hydrogen-bond donors (Lipinski definition) is 0. The highest BCUT2D eigenvalue weighted by molar-refractivity contribution is 5.64. The molecule has 1 heterocycles. The van der Waals surface area contributed by atoms with E-state index >= 15 is 0 Å². The van der Waals surface area contributed by atoms with Crippen LogP contribution in [0.2, 0.25) is 0 Å². The van der Waals surface area contributed by atoms with E-state index in [0.29, 0.717) is 17.0 Å². The van der Waals surface area contributed by atoms with Gasteiger partial charge < -0.3 is 0 Å². The molecule has 3 aromatic rings. The summed E-state index contributed by atoms with van der Waals surface area (Å²) in [4.78, 5) is 8.68. The summed E-state index contributed by atoms with van der Waals surface area (Å²) in [5, 5.41) is 0. The van der Waals surface area contributed by atoms with Gasteiger partial charge in [-0.3, -0.25) is 0 Å². The number of aromatic nitrogens is 2. The molecule has 0 N–H and O–H groups in total. The summed E-state index contributed by atoms with van der Waals surface area (Å²) in [5.41, 5.74) is 4.54. The molecule has 0 spiro atoms. The molecule has 0 fully saturated rings. The van der Waals surface area contributed by atoms with Crippen LogP contribution < -0.4 is 0 Å². The number of aryl methyl sites for hydroxylation is 2. The van der Waals surface area contributed by atoms with Gasteiger partial charge in [0.15, 0.2) is 5.82 Å². The molecule has 21 heavy (non-hydrogen) atoms. The standard InChI is InChI=1S/C18H15FN2/c1-12-3-6-14(7-4-12)16-10-20-18(21-11-16)15-8-5-13(2)17(19)9-15/h3-11H,1-2H3. The van der Waals surface area contributed by atoms with Crippen molar-refractivity contribution in [3.63, 3.8) is 0 Å². The molecule has 0 atom stereocenters. The molecule has 0 unspecified atom stereocenters. The Bertz CT molecular complexity index is 762. The van der Waals surface area contributed by atoms with Gasteiger partial charge in [0, 0.05) is 23.5 Å². The third-order valence-corrected chi connectivity index (χ3v) is 3.47. The van der Waals surface area contributed by atoms with Crippen molar-refractivity contribution in [1.82, 2.24) is 9.97 Å². The van der Waals surface area contributed by atoms with Crippen LogP contribution in [-0.2, 0) is 0 Å². The largest absolute Gasteiger partial charge is 0.236 e. The van der Waals surface area contributed by atoms with E-state index in [0.717, 1.165) is 11.1 Å². The smallest absolute Gasteiger partial charge is 0.159 e. The first-order chi connectivity index (χ1) is 10.1. The lowest BCUT2D eigenvalue weighted by atomic mass is 10.1. The van der Waals surface area contributed by atoms with Gasteiger partial charge in [-0.2, -0.15) is 0 Å². The normalized spacial score (nSPS) is 10.6. The molecule has 0 bridgehead atoms. The molecule has 0 aliphatic heterocycles. The van der Waals surface area contributed by atoms with Gasteiger partial charge in [0.1, 0.15) is 5.82 Å². The van der Waals surface area contributed by atoms with Crippen molar-refractivity contribution in [3.8, 4) is 22.5 Å². The second kappa shape index (κ2) is 5.44. The lowest BCUT2D eigenvalue weighted by molar-refractivity contribution is 0.619. The number of nitrogens with zero attached hydrogens (tertiary/aromatic N) is 2. The SMILES string of the molecule is Cc1ccc(-c2cnc(-c3ccc(C)c(F)c3)nc2)cc1. The Morgan fingerprint density at radius 2 is 1.38 bits per heavy atom. The molecular formula is C18H15FN2. The fourth-order valence-electron chi connectivity index (χ4n) is 2.10. The van der Waals surface area contributed by atoms with Crippen molar-refractivity contribution >= 4 is 0 Å². The maximum absolute atomic E-state index is 13.6. The van der Waals surface area contributed by atoms with Crippen LogP contribution >= 0.6 is 0 Å². The average Bonchev–Trinajstić information content (AvgIpc) is 2.51. The summed E-state index contributed by atoms with van der Waals surface area (Å²) >= 11 is 0. The molecule has 104 valence electrons. The zero-order chi connectivity index (χ0) is 14.8. The molecule has 2 aromatic carbocycles. The van der Waals surface area contributed by atoms with Gasteiger partial charge in [-0.25, -0.2) is 14.4 Å². The van der Waals surface area contributed by atoms with Crippen LogP contribution in [0.1, 0.15) is 11.1 Å². The Hall–Kier alpha value is -2.55. The summed E-state index contributed by atoms with van der Waals surface area (Å²) in [7, 11) is 0. The Morgan fingerprint density at radius 1 is 0.762 bits per heavy atom. The first kappa shape index (κ1) is 13.4. The molecular weight excluding hydrogens is 263 g/mol. The van der Waals surface area contributed by atoms with Gasteiger partial charge in [-0.1, -0.05) is 42.0 Å². The summed E-state index contributed by atoms with van der Waals surface area (Å²) in [6.45, 7) is 3.79. The molecule has 0 saturated heterocycles. The number of rotatable bonds is 2. The van der Waals surface area contributed by atoms with Gasteiger partial charge in [-0.15, -0.1) is 0 Å². The Morgan fingerprint density at radius 3 is 2.00 bits per heavy atom. The fraction of sp³-hybridized carbons (Fsp3) is 0.111. The first-order valence-corrected chi connectivity index (χ1v) is 6.79. The summed E-state index contributed by atoms with van der Waals surface area (Å²) in [5.74, 6) is 0.295. The first-order valence-electron chi connectivity index (χ1n) is 6.79. The number of benzene rings is 2. The van der Waals surface area contributed by atoms with Crippen molar-refractivity contribution in [1.29, 1.82) is 0 Å². The average molecular weight is 278 g/mol. The van der Waals surface area contributed by atoms with Crippen molar-refractivity contribution in [2.24, 2.45) is 0 Å². The van der Waals surface area contributed by atoms with E-state index < -0.39 is 0 Å². The van der Waals surface area contributed by atoms with Gasteiger partial charge in [-0.05, 0) is 31.0 Å².